The maximum Gasteiger partial charge on any atom is 0.303 e. The van der Waals surface area contributed by atoms with Crippen molar-refractivity contribution in [2.45, 2.75) is 50.6 Å². The molecule has 2 bridgehead atoms. The number of hydrogen-bond acceptors (Lipinski definition) is 3. The Morgan fingerprint density at radius 3 is 2.39 bits per heavy atom. The van der Waals surface area contributed by atoms with Gasteiger partial charge in [-0.25, -0.2) is 0 Å². The van der Waals surface area contributed by atoms with E-state index in [1.165, 1.54) is 0 Å². The molecule has 18 heavy (non-hydrogen) atoms. The van der Waals surface area contributed by atoms with Gasteiger partial charge in [-0.15, -0.1) is 0 Å². The van der Waals surface area contributed by atoms with Gasteiger partial charge in [0.05, 0.1) is 0 Å². The van der Waals surface area contributed by atoms with E-state index in [0.717, 1.165) is 32.2 Å². The third kappa shape index (κ3) is 3.02. The third-order valence-corrected chi connectivity index (χ3v) is 4.32. The zero-order valence-electron chi connectivity index (χ0n) is 10.9. The molecule has 2 atom stereocenters. The van der Waals surface area contributed by atoms with Crippen molar-refractivity contribution in [3.8, 4) is 0 Å². The number of nitrogens with one attached hydrogen (secondary N) is 1. The first-order valence-corrected chi connectivity index (χ1v) is 6.78. The highest BCUT2D eigenvalue weighted by molar-refractivity contribution is 5.75. The Morgan fingerprint density at radius 2 is 1.89 bits per heavy atom. The summed E-state index contributed by atoms with van der Waals surface area (Å²) in [6.07, 6.45) is 5.14. The van der Waals surface area contributed by atoms with E-state index in [-0.39, 0.29) is 5.91 Å². The number of nitrogens with zero attached hydrogens (tertiary/aromatic N) is 1. The van der Waals surface area contributed by atoms with Crippen LogP contribution in [0.1, 0.15) is 38.5 Å². The van der Waals surface area contributed by atoms with Gasteiger partial charge in [0.1, 0.15) is 0 Å². The number of carboxylic acids is 1. The molecule has 2 unspecified atom stereocenters. The van der Waals surface area contributed by atoms with Crippen molar-refractivity contribution in [3.63, 3.8) is 0 Å². The highest BCUT2D eigenvalue weighted by Crippen LogP contribution is 2.39. The fraction of sp³-hybridized carbons (Fsp3) is 0.846. The van der Waals surface area contributed by atoms with E-state index in [2.05, 4.69) is 10.2 Å². The van der Waals surface area contributed by atoms with Crippen LogP contribution in [0.4, 0.5) is 0 Å². The summed E-state index contributed by atoms with van der Waals surface area (Å²) in [7, 11) is 1.66. The van der Waals surface area contributed by atoms with Crippen molar-refractivity contribution in [1.82, 2.24) is 10.2 Å². The summed E-state index contributed by atoms with van der Waals surface area (Å²) in [5.41, 5.74) is 0. The Bertz CT molecular complexity index is 318. The topological polar surface area (TPSA) is 69.6 Å². The zero-order chi connectivity index (χ0) is 13.1. The largest absolute Gasteiger partial charge is 0.481 e. The second-order valence-corrected chi connectivity index (χ2v) is 5.48. The van der Waals surface area contributed by atoms with Crippen molar-refractivity contribution in [1.29, 1.82) is 0 Å². The van der Waals surface area contributed by atoms with E-state index >= 15 is 0 Å². The Kier molecular flexibility index (Phi) is 4.22. The van der Waals surface area contributed by atoms with Crippen molar-refractivity contribution in [3.05, 3.63) is 0 Å². The zero-order valence-corrected chi connectivity index (χ0v) is 10.9. The fourth-order valence-corrected chi connectivity index (χ4v) is 3.52. The van der Waals surface area contributed by atoms with Crippen LogP contribution in [0.25, 0.3) is 0 Å². The van der Waals surface area contributed by atoms with Gasteiger partial charge in [-0.1, -0.05) is 0 Å². The van der Waals surface area contributed by atoms with E-state index in [0.29, 0.717) is 30.8 Å². The van der Waals surface area contributed by atoms with Crippen molar-refractivity contribution in [2.24, 2.45) is 5.92 Å². The van der Waals surface area contributed by atoms with Gasteiger partial charge in [-0.3, -0.25) is 14.5 Å². The molecule has 2 fully saturated rings. The smallest absolute Gasteiger partial charge is 0.303 e. The molecule has 2 N–H and O–H groups in total. The Hall–Kier alpha value is -1.10. The number of fused-ring (bicyclic) bond motifs is 2. The maximum atomic E-state index is 11.3. The van der Waals surface area contributed by atoms with E-state index in [1.54, 1.807) is 7.05 Å². The predicted molar refractivity (Wildman–Crippen MR) is 67.2 cm³/mol. The summed E-state index contributed by atoms with van der Waals surface area (Å²) in [6, 6.07) is 0.996. The molecule has 5 nitrogen and oxygen atoms in total. The molecule has 2 aliphatic rings. The number of aliphatic carboxylic acids is 1. The molecule has 0 spiro atoms. The van der Waals surface area contributed by atoms with Gasteiger partial charge in [0.15, 0.2) is 0 Å². The number of piperidine rings is 1. The van der Waals surface area contributed by atoms with E-state index in [4.69, 9.17) is 5.11 Å². The lowest BCUT2D eigenvalue weighted by Gasteiger charge is -2.38. The quantitative estimate of drug-likeness (QED) is 0.763. The van der Waals surface area contributed by atoms with Crippen LogP contribution in [0, 0.1) is 5.92 Å². The van der Waals surface area contributed by atoms with E-state index in [9.17, 15) is 9.59 Å². The van der Waals surface area contributed by atoms with Crippen LogP contribution in [0.2, 0.25) is 0 Å². The number of carbonyl (C=O) groups excluding carboxylic acids is 1. The summed E-state index contributed by atoms with van der Waals surface area (Å²) in [6.45, 7) is 0.814. The molecule has 0 aliphatic carbocycles. The summed E-state index contributed by atoms with van der Waals surface area (Å²) < 4.78 is 0. The van der Waals surface area contributed by atoms with Gasteiger partial charge in [-0.05, 0) is 31.6 Å². The molecule has 2 aliphatic heterocycles. The minimum Gasteiger partial charge on any atom is -0.481 e. The van der Waals surface area contributed by atoms with Crippen LogP contribution in [0.3, 0.4) is 0 Å². The lowest BCUT2D eigenvalue weighted by atomic mass is 9.88. The molecule has 2 saturated heterocycles. The molecule has 0 aromatic carbocycles. The SMILES string of the molecule is CNC(=O)CCN1C2CCC1CC(CC(=O)O)C2. The Labute approximate surface area is 108 Å². The van der Waals surface area contributed by atoms with E-state index < -0.39 is 5.97 Å². The average molecular weight is 254 g/mol. The first kappa shape index (κ1) is 13.3. The highest BCUT2D eigenvalue weighted by atomic mass is 16.4. The highest BCUT2D eigenvalue weighted by Gasteiger charge is 2.40. The fourth-order valence-electron chi connectivity index (χ4n) is 3.52. The molecule has 2 rings (SSSR count). The molecule has 1 amide bonds. The molecule has 5 heteroatoms. The molecular weight excluding hydrogens is 232 g/mol. The number of carboxylic acid groups (broad SMARTS) is 1. The third-order valence-electron chi connectivity index (χ3n) is 4.32. The molecule has 2 heterocycles. The van der Waals surface area contributed by atoms with Gasteiger partial charge in [0.2, 0.25) is 5.91 Å². The predicted octanol–water partition coefficient (Wildman–Crippen LogP) is 0.840. The summed E-state index contributed by atoms with van der Waals surface area (Å²) in [5.74, 6) is -0.267. The Morgan fingerprint density at radius 1 is 1.28 bits per heavy atom. The lowest BCUT2D eigenvalue weighted by Crippen LogP contribution is -2.44. The number of amides is 1. The summed E-state index contributed by atoms with van der Waals surface area (Å²) in [4.78, 5) is 24.5. The second-order valence-electron chi connectivity index (χ2n) is 5.48. The van der Waals surface area contributed by atoms with Crippen LogP contribution in [-0.4, -0.2) is 47.6 Å². The van der Waals surface area contributed by atoms with Gasteiger partial charge in [0.25, 0.3) is 0 Å². The Balaban J connectivity index is 1.86. The minimum absolute atomic E-state index is 0.0852. The summed E-state index contributed by atoms with van der Waals surface area (Å²) in [5, 5.41) is 11.5. The van der Waals surface area contributed by atoms with Gasteiger partial charge >= 0.3 is 5.97 Å². The van der Waals surface area contributed by atoms with Gasteiger partial charge < -0.3 is 10.4 Å². The lowest BCUT2D eigenvalue weighted by molar-refractivity contribution is -0.138. The van der Waals surface area contributed by atoms with Crippen molar-refractivity contribution < 1.29 is 14.7 Å². The number of carbonyl (C=O) groups is 2. The van der Waals surface area contributed by atoms with Crippen LogP contribution >= 0.6 is 0 Å². The minimum atomic E-state index is -0.682. The van der Waals surface area contributed by atoms with Crippen molar-refractivity contribution in [2.75, 3.05) is 13.6 Å². The van der Waals surface area contributed by atoms with Crippen LogP contribution in [0.15, 0.2) is 0 Å². The second kappa shape index (κ2) is 5.69. The van der Waals surface area contributed by atoms with Crippen LogP contribution in [-0.2, 0) is 9.59 Å². The molecule has 102 valence electrons. The number of rotatable bonds is 5. The maximum absolute atomic E-state index is 11.3. The molecule has 0 radical (unpaired) electrons. The first-order valence-electron chi connectivity index (χ1n) is 6.78. The first-order chi connectivity index (χ1) is 8.60. The molecular formula is C13H22N2O3. The molecule has 0 aromatic heterocycles. The molecule has 0 saturated carbocycles. The van der Waals surface area contributed by atoms with Gasteiger partial charge in [-0.2, -0.15) is 0 Å². The monoisotopic (exact) mass is 254 g/mol. The van der Waals surface area contributed by atoms with E-state index in [1.807, 2.05) is 0 Å². The van der Waals surface area contributed by atoms with Crippen molar-refractivity contribution >= 4 is 11.9 Å². The normalized spacial score (nSPS) is 31.3. The molecule has 0 aromatic rings. The average Bonchev–Trinajstić information content (AvgIpc) is 2.56. The number of hydrogen-bond donors (Lipinski definition) is 2. The summed E-state index contributed by atoms with van der Waals surface area (Å²) >= 11 is 0. The van der Waals surface area contributed by atoms with Crippen LogP contribution in [0.5, 0.6) is 0 Å². The van der Waals surface area contributed by atoms with Crippen LogP contribution < -0.4 is 5.32 Å². The van der Waals surface area contributed by atoms with Gasteiger partial charge in [0, 0.05) is 38.5 Å². The standard InChI is InChI=1S/C13H22N2O3/c1-14-12(16)4-5-15-10-2-3-11(15)7-9(6-10)8-13(17)18/h9-11H,2-8H2,1H3,(H,14,16)(H,17,18).